The Labute approximate surface area is 101 Å². The number of ether oxygens (including phenoxy) is 1. The highest BCUT2D eigenvalue weighted by atomic mass is 35.5. The number of carbonyl (C=O) groups is 2. The molecular formula is C11H19ClO4. The van der Waals surface area contributed by atoms with Gasteiger partial charge in [0.2, 0.25) is 0 Å². The van der Waals surface area contributed by atoms with Crippen LogP contribution in [0.5, 0.6) is 0 Å². The number of aliphatic hydroxyl groups excluding tert-OH is 1. The smallest absolute Gasteiger partial charge is 0.334 e. The second-order valence-corrected chi connectivity index (χ2v) is 5.14. The second-order valence-electron chi connectivity index (χ2n) is 4.38. The third-order valence-corrected chi connectivity index (χ3v) is 2.98. The molecule has 16 heavy (non-hydrogen) atoms. The van der Waals surface area contributed by atoms with Crippen molar-refractivity contribution >= 4 is 23.4 Å². The first kappa shape index (κ1) is 15.4. The van der Waals surface area contributed by atoms with Crippen LogP contribution < -0.4 is 0 Å². The van der Waals surface area contributed by atoms with E-state index < -0.39 is 28.6 Å². The normalized spacial score (nSPS) is 18.8. The van der Waals surface area contributed by atoms with E-state index in [1.165, 1.54) is 14.0 Å². The summed E-state index contributed by atoms with van der Waals surface area (Å²) in [6.45, 7) is 6.42. The first-order chi connectivity index (χ1) is 7.16. The van der Waals surface area contributed by atoms with Gasteiger partial charge in [-0.25, -0.2) is 4.79 Å². The number of hydrogen-bond acceptors (Lipinski definition) is 4. The molecule has 0 heterocycles. The summed E-state index contributed by atoms with van der Waals surface area (Å²) in [7, 11) is 1.17. The van der Waals surface area contributed by atoms with E-state index in [2.05, 4.69) is 4.74 Å². The van der Waals surface area contributed by atoms with Gasteiger partial charge >= 0.3 is 5.97 Å². The Morgan fingerprint density at radius 2 is 1.75 bits per heavy atom. The molecule has 0 saturated carbocycles. The maximum atomic E-state index is 11.9. The summed E-state index contributed by atoms with van der Waals surface area (Å²) >= 11 is 5.85. The SMILES string of the molecule is COC(=O)[C@](C)(Cl)C(=O)[C@@H](C)[C@H](O)C(C)C. The molecule has 1 N–H and O–H groups in total. The summed E-state index contributed by atoms with van der Waals surface area (Å²) in [6, 6.07) is 0. The van der Waals surface area contributed by atoms with E-state index in [9.17, 15) is 14.7 Å². The predicted octanol–water partition coefficient (Wildman–Crippen LogP) is 1.38. The van der Waals surface area contributed by atoms with Crippen molar-refractivity contribution in [3.8, 4) is 0 Å². The number of rotatable bonds is 5. The molecule has 0 aliphatic carbocycles. The third-order valence-electron chi connectivity index (χ3n) is 2.64. The minimum atomic E-state index is -1.73. The van der Waals surface area contributed by atoms with Crippen LogP contribution in [-0.4, -0.2) is 34.9 Å². The van der Waals surface area contributed by atoms with Crippen LogP contribution in [0.3, 0.4) is 0 Å². The Hall–Kier alpha value is -0.610. The number of halogens is 1. The summed E-state index contributed by atoms with van der Waals surface area (Å²) < 4.78 is 4.45. The fraction of sp³-hybridized carbons (Fsp3) is 0.818. The van der Waals surface area contributed by atoms with Gasteiger partial charge in [0.1, 0.15) is 0 Å². The van der Waals surface area contributed by atoms with E-state index >= 15 is 0 Å². The highest BCUT2D eigenvalue weighted by Crippen LogP contribution is 2.25. The first-order valence-corrected chi connectivity index (χ1v) is 5.53. The molecule has 0 saturated heterocycles. The molecule has 0 aliphatic heterocycles. The van der Waals surface area contributed by atoms with Crippen LogP contribution in [0.2, 0.25) is 0 Å². The third kappa shape index (κ3) is 3.19. The lowest BCUT2D eigenvalue weighted by atomic mass is 9.86. The molecule has 0 aromatic heterocycles. The van der Waals surface area contributed by atoms with E-state index in [1.54, 1.807) is 20.8 Å². The number of ketones is 1. The Bertz CT molecular complexity index is 273. The van der Waals surface area contributed by atoms with Gasteiger partial charge in [-0.15, -0.1) is 0 Å². The van der Waals surface area contributed by atoms with Crippen molar-refractivity contribution in [2.45, 2.75) is 38.7 Å². The standard InChI is InChI=1S/C11H19ClO4/c1-6(2)8(13)7(3)9(14)11(4,12)10(15)16-5/h6-8,13H,1-5H3/t7-,8+,11+/m0/s1. The minimum absolute atomic E-state index is 0.0796. The fourth-order valence-corrected chi connectivity index (χ4v) is 1.70. The topological polar surface area (TPSA) is 63.6 Å². The zero-order chi connectivity index (χ0) is 13.1. The van der Waals surface area contributed by atoms with Gasteiger partial charge in [-0.1, -0.05) is 32.4 Å². The van der Waals surface area contributed by atoms with Crippen molar-refractivity contribution in [2.24, 2.45) is 11.8 Å². The van der Waals surface area contributed by atoms with Crippen molar-refractivity contribution in [1.29, 1.82) is 0 Å². The highest BCUT2D eigenvalue weighted by molar-refractivity contribution is 6.45. The molecule has 0 rings (SSSR count). The Balaban J connectivity index is 4.86. The molecule has 0 spiro atoms. The van der Waals surface area contributed by atoms with Crippen molar-refractivity contribution in [1.82, 2.24) is 0 Å². The average Bonchev–Trinajstić information content (AvgIpc) is 2.24. The highest BCUT2D eigenvalue weighted by Gasteiger charge is 2.44. The number of esters is 1. The molecule has 0 radical (unpaired) electrons. The van der Waals surface area contributed by atoms with Gasteiger partial charge < -0.3 is 9.84 Å². The van der Waals surface area contributed by atoms with Gasteiger partial charge in [0.05, 0.1) is 13.2 Å². The van der Waals surface area contributed by atoms with Crippen LogP contribution in [0, 0.1) is 11.8 Å². The Morgan fingerprint density at radius 1 is 1.31 bits per heavy atom. The van der Waals surface area contributed by atoms with Crippen LogP contribution in [-0.2, 0) is 14.3 Å². The van der Waals surface area contributed by atoms with Gasteiger partial charge in [-0.05, 0) is 12.8 Å². The van der Waals surface area contributed by atoms with E-state index in [1.807, 2.05) is 0 Å². The van der Waals surface area contributed by atoms with Crippen molar-refractivity contribution < 1.29 is 19.4 Å². The molecule has 4 nitrogen and oxygen atoms in total. The lowest BCUT2D eigenvalue weighted by molar-refractivity contribution is -0.148. The summed E-state index contributed by atoms with van der Waals surface area (Å²) in [6.07, 6.45) is -0.824. The van der Waals surface area contributed by atoms with Crippen molar-refractivity contribution in [2.75, 3.05) is 7.11 Å². The predicted molar refractivity (Wildman–Crippen MR) is 61.3 cm³/mol. The van der Waals surface area contributed by atoms with Crippen LogP contribution in [0.4, 0.5) is 0 Å². The fourth-order valence-electron chi connectivity index (χ4n) is 1.45. The number of carbonyl (C=O) groups excluding carboxylic acids is 2. The Morgan fingerprint density at radius 3 is 2.06 bits per heavy atom. The van der Waals surface area contributed by atoms with Crippen LogP contribution >= 0.6 is 11.6 Å². The zero-order valence-corrected chi connectivity index (χ0v) is 11.0. The van der Waals surface area contributed by atoms with E-state index in [-0.39, 0.29) is 5.92 Å². The molecule has 3 atom stereocenters. The summed E-state index contributed by atoms with van der Waals surface area (Å²) in [5.41, 5.74) is 0. The molecule has 0 unspecified atom stereocenters. The van der Waals surface area contributed by atoms with E-state index in [0.29, 0.717) is 0 Å². The second kappa shape index (κ2) is 5.64. The van der Waals surface area contributed by atoms with E-state index in [0.717, 1.165) is 0 Å². The maximum Gasteiger partial charge on any atom is 0.334 e. The molecule has 0 amide bonds. The van der Waals surface area contributed by atoms with Crippen LogP contribution in [0.1, 0.15) is 27.7 Å². The van der Waals surface area contributed by atoms with Gasteiger partial charge in [-0.3, -0.25) is 4.79 Å². The molecule has 0 aromatic rings. The first-order valence-electron chi connectivity index (χ1n) is 5.16. The lowest BCUT2D eigenvalue weighted by Crippen LogP contribution is -2.46. The number of alkyl halides is 1. The molecule has 0 bridgehead atoms. The van der Waals surface area contributed by atoms with Crippen LogP contribution in [0.25, 0.3) is 0 Å². The van der Waals surface area contributed by atoms with Gasteiger partial charge in [0.25, 0.3) is 0 Å². The maximum absolute atomic E-state index is 11.9. The number of Topliss-reactive ketones (excluding diaryl/α,β-unsaturated/α-hetero) is 1. The zero-order valence-electron chi connectivity index (χ0n) is 10.3. The van der Waals surface area contributed by atoms with Gasteiger partial charge in [0.15, 0.2) is 10.7 Å². The van der Waals surface area contributed by atoms with E-state index in [4.69, 9.17) is 11.6 Å². The van der Waals surface area contributed by atoms with Crippen molar-refractivity contribution in [3.05, 3.63) is 0 Å². The summed E-state index contributed by atoms with van der Waals surface area (Å²) in [4.78, 5) is 21.5. The molecule has 0 aliphatic rings. The minimum Gasteiger partial charge on any atom is -0.467 e. The molecule has 0 fully saturated rings. The molecular weight excluding hydrogens is 232 g/mol. The molecule has 0 aromatic carbocycles. The quantitative estimate of drug-likeness (QED) is 0.455. The number of methoxy groups -OCH3 is 1. The Kier molecular flexibility index (Phi) is 5.42. The lowest BCUT2D eigenvalue weighted by Gasteiger charge is -2.26. The molecule has 94 valence electrons. The van der Waals surface area contributed by atoms with Crippen molar-refractivity contribution in [3.63, 3.8) is 0 Å². The largest absolute Gasteiger partial charge is 0.467 e. The monoisotopic (exact) mass is 250 g/mol. The van der Waals surface area contributed by atoms with Crippen LogP contribution in [0.15, 0.2) is 0 Å². The summed E-state index contributed by atoms with van der Waals surface area (Å²) in [5, 5.41) is 9.75. The van der Waals surface area contributed by atoms with Gasteiger partial charge in [0, 0.05) is 5.92 Å². The summed E-state index contributed by atoms with van der Waals surface area (Å²) in [5.74, 6) is -2.12. The number of hydrogen-bond donors (Lipinski definition) is 1. The number of aliphatic hydroxyl groups is 1. The van der Waals surface area contributed by atoms with Gasteiger partial charge in [-0.2, -0.15) is 0 Å². The molecule has 5 heteroatoms. The average molecular weight is 251 g/mol.